The van der Waals surface area contributed by atoms with Crippen molar-refractivity contribution in [2.24, 2.45) is 0 Å². The van der Waals surface area contributed by atoms with Gasteiger partial charge in [-0.1, -0.05) is 12.8 Å². The van der Waals surface area contributed by atoms with Crippen LogP contribution in [0.4, 0.5) is 34.1 Å². The first-order valence-electron chi connectivity index (χ1n) is 13.6. The van der Waals surface area contributed by atoms with Gasteiger partial charge in [0.25, 0.3) is 5.91 Å². The maximum Gasteiger partial charge on any atom is 0.416 e. The number of nitrogens with one attached hydrogen (secondary N) is 5. The third-order valence-corrected chi connectivity index (χ3v) is 7.16. The molecule has 0 bridgehead atoms. The summed E-state index contributed by atoms with van der Waals surface area (Å²) >= 11 is 1.58. The molecule has 0 spiro atoms. The summed E-state index contributed by atoms with van der Waals surface area (Å²) in [6.07, 6.45) is -0.883. The summed E-state index contributed by atoms with van der Waals surface area (Å²) < 4.78 is 45.2. The number of thioether (sulfide) groups is 1. The molecule has 3 rings (SSSR count). The predicted octanol–water partition coefficient (Wildman–Crippen LogP) is 5.75. The first-order chi connectivity index (χ1) is 20.1. The van der Waals surface area contributed by atoms with Gasteiger partial charge in [-0.3, -0.25) is 14.9 Å². The number of benzene rings is 2. The first kappa shape index (κ1) is 33.6. The van der Waals surface area contributed by atoms with Crippen molar-refractivity contribution < 1.29 is 37.1 Å². The van der Waals surface area contributed by atoms with E-state index >= 15 is 0 Å². The van der Waals surface area contributed by atoms with Crippen LogP contribution >= 0.6 is 11.8 Å². The number of amides is 5. The molecule has 1 aliphatic rings. The summed E-state index contributed by atoms with van der Waals surface area (Å²) in [6.45, 7) is 4.27. The molecule has 0 radical (unpaired) electrons. The second-order valence-corrected chi connectivity index (χ2v) is 11.8. The van der Waals surface area contributed by atoms with Crippen LogP contribution in [0.1, 0.15) is 62.4 Å². The molecule has 0 heterocycles. The minimum atomic E-state index is -4.75. The number of rotatable bonds is 8. The van der Waals surface area contributed by atoms with Gasteiger partial charge in [0.1, 0.15) is 5.60 Å². The predicted molar refractivity (Wildman–Crippen MR) is 158 cm³/mol. The van der Waals surface area contributed by atoms with Gasteiger partial charge in [0.05, 0.1) is 29.4 Å². The molecule has 1 fully saturated rings. The number of carbonyl (C=O) groups excluding carboxylic acids is 4. The SMILES string of the molecule is CSc1ccc(NC(=O)N[C@H]2CCCC[C@@H]2NC(=O)CNC(=O)c2cc(C(F)(F)F)ccc2NC(=O)OC(C)(C)C)cc1. The third kappa shape index (κ3) is 10.7. The van der Waals surface area contributed by atoms with Crippen molar-refractivity contribution >= 4 is 47.1 Å². The van der Waals surface area contributed by atoms with Gasteiger partial charge < -0.3 is 26.0 Å². The Morgan fingerprint density at radius 3 is 2.12 bits per heavy atom. The number of hydrogen-bond donors (Lipinski definition) is 5. The number of hydrogen-bond acceptors (Lipinski definition) is 6. The maximum atomic E-state index is 13.4. The van der Waals surface area contributed by atoms with Gasteiger partial charge >= 0.3 is 18.3 Å². The highest BCUT2D eigenvalue weighted by Crippen LogP contribution is 2.32. The van der Waals surface area contributed by atoms with Crippen LogP contribution in [0.2, 0.25) is 0 Å². The standard InChI is InChI=1S/C29H36F3N5O5S/c1-28(2,3)42-27(41)37-21-14-9-17(29(30,31)32)15-20(21)25(39)33-16-24(38)35-22-7-5-6-8-23(22)36-26(40)34-18-10-12-19(43-4)13-11-18/h9-15,22-23H,5-8,16H2,1-4H3,(H,33,39)(H,35,38)(H,37,41)(H2,34,36,40)/t22-,23-/m0/s1. The van der Waals surface area contributed by atoms with Crippen molar-refractivity contribution in [1.29, 1.82) is 0 Å². The second kappa shape index (κ2) is 14.5. The average Bonchev–Trinajstić information content (AvgIpc) is 2.91. The molecular weight excluding hydrogens is 587 g/mol. The Balaban J connectivity index is 1.62. The monoisotopic (exact) mass is 623 g/mol. The minimum absolute atomic E-state index is 0.217. The zero-order chi connectivity index (χ0) is 31.8. The average molecular weight is 624 g/mol. The van der Waals surface area contributed by atoms with E-state index in [4.69, 9.17) is 4.74 Å². The molecule has 10 nitrogen and oxygen atoms in total. The lowest BCUT2D eigenvalue weighted by atomic mass is 9.90. The van der Waals surface area contributed by atoms with Gasteiger partial charge in [0, 0.05) is 16.6 Å². The van der Waals surface area contributed by atoms with Crippen molar-refractivity contribution in [2.45, 2.75) is 75.2 Å². The van der Waals surface area contributed by atoms with E-state index in [1.165, 1.54) is 0 Å². The van der Waals surface area contributed by atoms with Gasteiger partial charge in [-0.2, -0.15) is 13.2 Å². The third-order valence-electron chi connectivity index (χ3n) is 6.41. The molecule has 0 saturated heterocycles. The Labute approximate surface area is 252 Å². The number of urea groups is 1. The highest BCUT2D eigenvalue weighted by molar-refractivity contribution is 7.98. The molecule has 43 heavy (non-hydrogen) atoms. The molecule has 14 heteroatoms. The Kier molecular flexibility index (Phi) is 11.3. The normalized spacial score (nSPS) is 16.9. The summed E-state index contributed by atoms with van der Waals surface area (Å²) in [5.41, 5.74) is -2.09. The van der Waals surface area contributed by atoms with E-state index in [9.17, 15) is 32.3 Å². The summed E-state index contributed by atoms with van der Waals surface area (Å²) in [5.74, 6) is -1.59. The lowest BCUT2D eigenvalue weighted by Gasteiger charge is -2.32. The first-order valence-corrected chi connectivity index (χ1v) is 14.9. The second-order valence-electron chi connectivity index (χ2n) is 11.0. The van der Waals surface area contributed by atoms with Crippen LogP contribution in [0.3, 0.4) is 0 Å². The topological polar surface area (TPSA) is 138 Å². The lowest BCUT2D eigenvalue weighted by molar-refractivity contribution is -0.137. The molecule has 0 aliphatic heterocycles. The lowest BCUT2D eigenvalue weighted by Crippen LogP contribution is -2.55. The number of alkyl halides is 3. The highest BCUT2D eigenvalue weighted by atomic mass is 32.2. The van der Waals surface area contributed by atoms with Gasteiger partial charge in [-0.25, -0.2) is 9.59 Å². The van der Waals surface area contributed by atoms with E-state index in [1.807, 2.05) is 18.4 Å². The number of anilines is 2. The van der Waals surface area contributed by atoms with E-state index in [2.05, 4.69) is 26.6 Å². The molecule has 1 saturated carbocycles. The smallest absolute Gasteiger partial charge is 0.416 e. The van der Waals surface area contributed by atoms with Crippen LogP contribution < -0.4 is 26.6 Å². The fraction of sp³-hybridized carbons (Fsp3) is 0.448. The fourth-order valence-electron chi connectivity index (χ4n) is 4.43. The molecular formula is C29H36F3N5O5S. The van der Waals surface area contributed by atoms with Gasteiger partial charge in [0.15, 0.2) is 0 Å². The fourth-order valence-corrected chi connectivity index (χ4v) is 4.84. The molecule has 234 valence electrons. The van der Waals surface area contributed by atoms with Crippen LogP contribution in [0.25, 0.3) is 0 Å². The molecule has 1 aliphatic carbocycles. The van der Waals surface area contributed by atoms with Crippen LogP contribution in [0, 0.1) is 0 Å². The molecule has 2 aromatic rings. The number of ether oxygens (including phenoxy) is 1. The summed E-state index contributed by atoms with van der Waals surface area (Å²) in [6, 6.07) is 8.39. The van der Waals surface area contributed by atoms with Gasteiger partial charge in [-0.05, 0) is 82.3 Å². The van der Waals surface area contributed by atoms with Gasteiger partial charge in [0.2, 0.25) is 5.91 Å². The van der Waals surface area contributed by atoms with Crippen LogP contribution in [-0.4, -0.2) is 54.4 Å². The Morgan fingerprint density at radius 2 is 1.53 bits per heavy atom. The Hall–Kier alpha value is -3.94. The van der Waals surface area contributed by atoms with E-state index in [0.717, 1.165) is 29.9 Å². The van der Waals surface area contributed by atoms with Crippen LogP contribution in [0.15, 0.2) is 47.4 Å². The van der Waals surface area contributed by atoms with E-state index < -0.39 is 59.4 Å². The summed E-state index contributed by atoms with van der Waals surface area (Å²) in [7, 11) is 0. The molecule has 2 atom stereocenters. The largest absolute Gasteiger partial charge is 0.444 e. The highest BCUT2D eigenvalue weighted by Gasteiger charge is 2.33. The number of halogens is 3. The van der Waals surface area contributed by atoms with Crippen LogP contribution in [0.5, 0.6) is 0 Å². The molecule has 0 aromatic heterocycles. The van der Waals surface area contributed by atoms with E-state index in [-0.39, 0.29) is 11.7 Å². The quantitative estimate of drug-likeness (QED) is 0.238. The van der Waals surface area contributed by atoms with E-state index in [1.54, 1.807) is 44.7 Å². The minimum Gasteiger partial charge on any atom is -0.444 e. The number of carbonyl (C=O) groups is 4. The summed E-state index contributed by atoms with van der Waals surface area (Å²) in [5, 5.41) is 13.1. The Bertz CT molecular complexity index is 1320. The van der Waals surface area contributed by atoms with Crippen LogP contribution in [-0.2, 0) is 15.7 Å². The zero-order valence-electron chi connectivity index (χ0n) is 24.3. The van der Waals surface area contributed by atoms with Crippen molar-refractivity contribution in [1.82, 2.24) is 16.0 Å². The van der Waals surface area contributed by atoms with Gasteiger partial charge in [-0.15, -0.1) is 11.8 Å². The molecule has 0 unspecified atom stereocenters. The van der Waals surface area contributed by atoms with E-state index in [0.29, 0.717) is 24.6 Å². The maximum absolute atomic E-state index is 13.4. The zero-order valence-corrected chi connectivity index (χ0v) is 25.1. The van der Waals surface area contributed by atoms with Crippen molar-refractivity contribution in [3.05, 3.63) is 53.6 Å². The summed E-state index contributed by atoms with van der Waals surface area (Å²) in [4.78, 5) is 51.5. The molecule has 5 N–H and O–H groups in total. The molecule has 5 amide bonds. The molecule has 2 aromatic carbocycles. The Morgan fingerprint density at radius 1 is 0.907 bits per heavy atom. The van der Waals surface area contributed by atoms with Crippen molar-refractivity contribution in [3.8, 4) is 0 Å². The van der Waals surface area contributed by atoms with Crippen molar-refractivity contribution in [3.63, 3.8) is 0 Å². The van der Waals surface area contributed by atoms with Crippen molar-refractivity contribution in [2.75, 3.05) is 23.4 Å².